The molecule has 2 fully saturated rings. The van der Waals surface area contributed by atoms with E-state index in [2.05, 4.69) is 4.74 Å². The second-order valence-corrected chi connectivity index (χ2v) is 10.4. The predicted molar refractivity (Wildman–Crippen MR) is 118 cm³/mol. The summed E-state index contributed by atoms with van der Waals surface area (Å²) in [7, 11) is 0. The number of hydrogen-bond donors (Lipinski definition) is 0. The van der Waals surface area contributed by atoms with Crippen LogP contribution in [0, 0.1) is 46.7 Å². The molecule has 198 valence electrons. The predicted octanol–water partition coefficient (Wildman–Crippen LogP) is 9.24. The summed E-state index contributed by atoms with van der Waals surface area (Å²) >= 11 is 0. The highest BCUT2D eigenvalue weighted by Crippen LogP contribution is 2.44. The van der Waals surface area contributed by atoms with Crippen LogP contribution >= 0.6 is 0 Å². The van der Waals surface area contributed by atoms with Crippen LogP contribution in [0.1, 0.15) is 93.7 Å². The summed E-state index contributed by atoms with van der Waals surface area (Å²) in [5, 5.41) is 0. The average Bonchev–Trinajstić information content (AvgIpc) is 2.83. The molecule has 0 aromatic heterocycles. The third-order valence-electron chi connectivity index (χ3n) is 7.78. The summed E-state index contributed by atoms with van der Waals surface area (Å²) in [5.41, 5.74) is -3.24. The molecule has 9 heteroatoms. The molecule has 2 saturated carbocycles. The van der Waals surface area contributed by atoms with Gasteiger partial charge in [0.2, 0.25) is 5.82 Å². The second-order valence-electron chi connectivity index (χ2n) is 10.4. The monoisotopic (exact) mass is 520 g/mol. The summed E-state index contributed by atoms with van der Waals surface area (Å²) in [6.07, 6.45) is -0.618. The van der Waals surface area contributed by atoms with E-state index < -0.39 is 63.8 Å². The van der Waals surface area contributed by atoms with Crippen LogP contribution in [0.3, 0.4) is 0 Å². The molecule has 2 aliphatic carbocycles. The molecular formula is C27H28F8O. The number of benzene rings is 2. The summed E-state index contributed by atoms with van der Waals surface area (Å²) in [6, 6.07) is 1.82. The van der Waals surface area contributed by atoms with Crippen LogP contribution in [0.4, 0.5) is 35.1 Å². The minimum atomic E-state index is -5.02. The van der Waals surface area contributed by atoms with E-state index in [1.807, 2.05) is 13.8 Å². The Balaban J connectivity index is 1.65. The van der Waals surface area contributed by atoms with Crippen molar-refractivity contribution in [3.8, 4) is 5.75 Å². The lowest BCUT2D eigenvalue weighted by Gasteiger charge is -2.28. The minimum Gasteiger partial charge on any atom is -0.425 e. The van der Waals surface area contributed by atoms with Crippen molar-refractivity contribution in [1.82, 2.24) is 0 Å². The maximum absolute atomic E-state index is 14.8. The van der Waals surface area contributed by atoms with E-state index in [-0.39, 0.29) is 30.2 Å². The first kappa shape index (κ1) is 26.7. The maximum atomic E-state index is 14.8. The summed E-state index contributed by atoms with van der Waals surface area (Å²) in [4.78, 5) is 0. The molecule has 0 N–H and O–H groups in total. The highest BCUT2D eigenvalue weighted by Gasteiger charge is 2.46. The summed E-state index contributed by atoms with van der Waals surface area (Å²) < 4.78 is 122. The van der Waals surface area contributed by atoms with Gasteiger partial charge in [-0.3, -0.25) is 0 Å². The number of ether oxygens (including phenoxy) is 1. The Morgan fingerprint density at radius 1 is 0.611 bits per heavy atom. The molecule has 0 heterocycles. The molecule has 2 aromatic rings. The number of rotatable bonds is 5. The molecule has 4 rings (SSSR count). The van der Waals surface area contributed by atoms with Crippen LogP contribution in [0.15, 0.2) is 12.1 Å². The maximum Gasteiger partial charge on any atom is 0.432 e. The van der Waals surface area contributed by atoms with Gasteiger partial charge in [-0.05, 0) is 61.0 Å². The van der Waals surface area contributed by atoms with E-state index in [0.717, 1.165) is 25.0 Å². The molecule has 0 saturated heterocycles. The van der Waals surface area contributed by atoms with Crippen LogP contribution in [0.25, 0.3) is 0 Å². The molecule has 0 aliphatic heterocycles. The van der Waals surface area contributed by atoms with Gasteiger partial charge in [0.15, 0.2) is 34.8 Å². The Morgan fingerprint density at radius 2 is 1.08 bits per heavy atom. The molecule has 1 nitrogen and oxygen atoms in total. The Bertz CT molecular complexity index is 1090. The smallest absolute Gasteiger partial charge is 0.425 e. The molecule has 0 radical (unpaired) electrons. The molecule has 0 spiro atoms. The van der Waals surface area contributed by atoms with Crippen molar-refractivity contribution >= 4 is 0 Å². The van der Waals surface area contributed by atoms with Crippen LogP contribution in [0.2, 0.25) is 0 Å². The van der Waals surface area contributed by atoms with Crippen molar-refractivity contribution in [1.29, 1.82) is 0 Å². The van der Waals surface area contributed by atoms with Crippen molar-refractivity contribution < 1.29 is 39.9 Å². The molecule has 0 unspecified atom stereocenters. The summed E-state index contributed by atoms with van der Waals surface area (Å²) in [6.45, 7) is 3.97. The Morgan fingerprint density at radius 3 is 1.58 bits per heavy atom. The van der Waals surface area contributed by atoms with E-state index in [1.54, 1.807) is 0 Å². The van der Waals surface area contributed by atoms with Crippen LogP contribution in [0.5, 0.6) is 5.75 Å². The first-order valence-electron chi connectivity index (χ1n) is 12.3. The van der Waals surface area contributed by atoms with Gasteiger partial charge in [-0.2, -0.15) is 13.2 Å². The molecule has 0 atom stereocenters. The Kier molecular flexibility index (Phi) is 7.58. The van der Waals surface area contributed by atoms with Crippen molar-refractivity contribution in [3.63, 3.8) is 0 Å². The molecule has 0 amide bonds. The first-order valence-corrected chi connectivity index (χ1v) is 12.3. The zero-order valence-corrected chi connectivity index (χ0v) is 20.1. The van der Waals surface area contributed by atoms with Gasteiger partial charge in [0.05, 0.1) is 0 Å². The Hall–Kier alpha value is -2.32. The van der Waals surface area contributed by atoms with Crippen LogP contribution < -0.4 is 4.74 Å². The minimum absolute atomic E-state index is 0.00401. The molecular weight excluding hydrogens is 492 g/mol. The molecule has 2 aromatic carbocycles. The SMILES string of the molecule is CC1CCC(c2ccc(OC(F)(F)c3c(F)c(F)c(C4CCC(C)CC4)c(F)c3F)c(F)c2F)CC1. The zero-order valence-electron chi connectivity index (χ0n) is 20.1. The van der Waals surface area contributed by atoms with Gasteiger partial charge >= 0.3 is 6.11 Å². The Labute approximate surface area is 204 Å². The first-order chi connectivity index (χ1) is 16.9. The third-order valence-corrected chi connectivity index (χ3v) is 7.78. The van der Waals surface area contributed by atoms with Crippen molar-refractivity contribution in [2.24, 2.45) is 11.8 Å². The van der Waals surface area contributed by atoms with Gasteiger partial charge in [-0.25, -0.2) is 22.0 Å². The zero-order chi connectivity index (χ0) is 26.4. The van der Waals surface area contributed by atoms with Crippen LogP contribution in [-0.2, 0) is 6.11 Å². The lowest BCUT2D eigenvalue weighted by Crippen LogP contribution is -2.28. The number of halogens is 8. The van der Waals surface area contributed by atoms with Crippen molar-refractivity contribution in [3.05, 3.63) is 63.7 Å². The second kappa shape index (κ2) is 10.2. The van der Waals surface area contributed by atoms with E-state index in [0.29, 0.717) is 31.6 Å². The van der Waals surface area contributed by atoms with Crippen LogP contribution in [-0.4, -0.2) is 0 Å². The number of alkyl halides is 2. The van der Waals surface area contributed by atoms with E-state index in [9.17, 15) is 35.1 Å². The third kappa shape index (κ3) is 4.94. The summed E-state index contributed by atoms with van der Waals surface area (Å²) in [5.74, 6) is -13.5. The quantitative estimate of drug-likeness (QED) is 0.282. The lowest BCUT2D eigenvalue weighted by molar-refractivity contribution is -0.191. The van der Waals surface area contributed by atoms with Crippen molar-refractivity contribution in [2.75, 3.05) is 0 Å². The van der Waals surface area contributed by atoms with Crippen molar-refractivity contribution in [2.45, 2.75) is 83.2 Å². The largest absolute Gasteiger partial charge is 0.432 e. The molecule has 2 aliphatic rings. The van der Waals surface area contributed by atoms with Gasteiger partial charge in [0.25, 0.3) is 0 Å². The lowest BCUT2D eigenvalue weighted by atomic mass is 9.78. The van der Waals surface area contributed by atoms with E-state index in [1.165, 1.54) is 0 Å². The highest BCUT2D eigenvalue weighted by atomic mass is 19.3. The average molecular weight is 521 g/mol. The van der Waals surface area contributed by atoms with Gasteiger partial charge in [-0.1, -0.05) is 45.6 Å². The highest BCUT2D eigenvalue weighted by molar-refractivity contribution is 5.37. The number of hydrogen-bond acceptors (Lipinski definition) is 1. The topological polar surface area (TPSA) is 9.23 Å². The van der Waals surface area contributed by atoms with Gasteiger partial charge in [0, 0.05) is 5.56 Å². The van der Waals surface area contributed by atoms with E-state index >= 15 is 0 Å². The van der Waals surface area contributed by atoms with E-state index in [4.69, 9.17) is 0 Å². The fourth-order valence-electron chi connectivity index (χ4n) is 5.51. The fourth-order valence-corrected chi connectivity index (χ4v) is 5.51. The molecule has 0 bridgehead atoms. The fraction of sp³-hybridized carbons (Fsp3) is 0.556. The normalized spacial score (nSPS) is 25.2. The van der Waals surface area contributed by atoms with Gasteiger partial charge in [0.1, 0.15) is 5.56 Å². The van der Waals surface area contributed by atoms with Gasteiger partial charge in [-0.15, -0.1) is 0 Å². The standard InChI is InChI=1S/C27H28F8O/c1-13-3-7-15(8-4-13)17-11-12-18(22(29)21(17)28)36-27(34,35)20-25(32)23(30)19(24(31)26(20)33)16-9-5-14(2)6-10-16/h11-16H,3-10H2,1-2H3. The van der Waals surface area contributed by atoms with Gasteiger partial charge < -0.3 is 4.74 Å². The molecule has 36 heavy (non-hydrogen) atoms.